The summed E-state index contributed by atoms with van der Waals surface area (Å²) in [4.78, 5) is 21.8. The zero-order valence-corrected chi connectivity index (χ0v) is 14.9. The molecule has 0 unspecified atom stereocenters. The summed E-state index contributed by atoms with van der Waals surface area (Å²) in [6.45, 7) is 0.445. The number of benzene rings is 1. The molecule has 5 nitrogen and oxygen atoms in total. The van der Waals surface area contributed by atoms with Crippen LogP contribution in [0.2, 0.25) is 5.02 Å². The van der Waals surface area contributed by atoms with Gasteiger partial charge in [-0.3, -0.25) is 4.79 Å². The molecular weight excluding hydrogens is 350 g/mol. The van der Waals surface area contributed by atoms with E-state index in [0.717, 1.165) is 24.2 Å². The third-order valence-electron chi connectivity index (χ3n) is 4.29. The fraction of sp³-hybridized carbons (Fsp3) is 0.250. The van der Waals surface area contributed by atoms with E-state index >= 15 is 0 Å². The highest BCUT2D eigenvalue weighted by atomic mass is 35.5. The zero-order chi connectivity index (χ0) is 17.9. The van der Waals surface area contributed by atoms with Crippen molar-refractivity contribution in [1.82, 2.24) is 9.97 Å². The molecule has 1 aliphatic carbocycles. The van der Waals surface area contributed by atoms with Gasteiger partial charge < -0.3 is 9.73 Å². The molecule has 0 aliphatic heterocycles. The van der Waals surface area contributed by atoms with Crippen molar-refractivity contribution < 1.29 is 9.21 Å². The average Bonchev–Trinajstić information content (AvgIpc) is 3.37. The number of nitrogens with zero attached hydrogens (tertiary/aromatic N) is 2. The lowest BCUT2D eigenvalue weighted by molar-refractivity contribution is 0.0988. The summed E-state index contributed by atoms with van der Waals surface area (Å²) < 4.78 is 5.33. The van der Waals surface area contributed by atoms with E-state index in [-0.39, 0.29) is 22.9 Å². The van der Waals surface area contributed by atoms with Gasteiger partial charge in [-0.25, -0.2) is 9.97 Å². The Morgan fingerprint density at radius 1 is 1.15 bits per heavy atom. The summed E-state index contributed by atoms with van der Waals surface area (Å²) in [5.41, 5.74) is 1.22. The molecule has 0 bridgehead atoms. The van der Waals surface area contributed by atoms with E-state index in [0.29, 0.717) is 24.1 Å². The quantitative estimate of drug-likeness (QED) is 0.616. The van der Waals surface area contributed by atoms with Crippen LogP contribution in [0.4, 0.5) is 5.82 Å². The van der Waals surface area contributed by atoms with Crippen LogP contribution < -0.4 is 5.32 Å². The predicted molar refractivity (Wildman–Crippen MR) is 99.5 cm³/mol. The highest BCUT2D eigenvalue weighted by Crippen LogP contribution is 2.39. The Morgan fingerprint density at radius 3 is 2.65 bits per heavy atom. The Kier molecular flexibility index (Phi) is 4.71. The van der Waals surface area contributed by atoms with Crippen molar-refractivity contribution in [2.24, 2.45) is 0 Å². The number of anilines is 1. The molecule has 4 rings (SSSR count). The third-order valence-corrected chi connectivity index (χ3v) is 4.65. The summed E-state index contributed by atoms with van der Waals surface area (Å²) in [7, 11) is 0. The first-order valence-corrected chi connectivity index (χ1v) is 8.99. The molecule has 132 valence electrons. The molecule has 1 fully saturated rings. The number of halogens is 1. The lowest BCUT2D eigenvalue weighted by Crippen LogP contribution is -2.13. The van der Waals surface area contributed by atoms with Gasteiger partial charge in [-0.15, -0.1) is 0 Å². The number of carbonyl (C=O) groups is 1. The van der Waals surface area contributed by atoms with Crippen LogP contribution in [0.3, 0.4) is 0 Å². The number of nitrogens with one attached hydrogen (secondary N) is 1. The predicted octanol–water partition coefficient (Wildman–Crippen LogP) is 4.64. The van der Waals surface area contributed by atoms with E-state index in [9.17, 15) is 4.79 Å². The SMILES string of the molecule is O=C(Cc1ccccc1)c1nc(C2CC2)nc(NCc2ccco2)c1Cl. The topological polar surface area (TPSA) is 68.0 Å². The average molecular weight is 368 g/mol. The van der Waals surface area contributed by atoms with Gasteiger partial charge in [0.2, 0.25) is 0 Å². The molecule has 0 radical (unpaired) electrons. The van der Waals surface area contributed by atoms with Crippen molar-refractivity contribution in [3.63, 3.8) is 0 Å². The minimum Gasteiger partial charge on any atom is -0.467 e. The first-order valence-electron chi connectivity index (χ1n) is 8.61. The summed E-state index contributed by atoms with van der Waals surface area (Å²) >= 11 is 6.47. The van der Waals surface area contributed by atoms with Crippen molar-refractivity contribution in [3.8, 4) is 0 Å². The molecule has 0 saturated heterocycles. The van der Waals surface area contributed by atoms with E-state index in [1.54, 1.807) is 6.26 Å². The van der Waals surface area contributed by atoms with Gasteiger partial charge in [0.05, 0.1) is 12.8 Å². The number of hydrogen-bond acceptors (Lipinski definition) is 5. The van der Waals surface area contributed by atoms with Crippen LogP contribution in [0, 0.1) is 0 Å². The number of furan rings is 1. The molecule has 1 N–H and O–H groups in total. The second-order valence-electron chi connectivity index (χ2n) is 6.39. The second-order valence-corrected chi connectivity index (χ2v) is 6.76. The molecule has 0 atom stereocenters. The van der Waals surface area contributed by atoms with Crippen LogP contribution in [0.5, 0.6) is 0 Å². The van der Waals surface area contributed by atoms with Gasteiger partial charge in [-0.1, -0.05) is 41.9 Å². The molecule has 26 heavy (non-hydrogen) atoms. The van der Waals surface area contributed by atoms with E-state index in [1.165, 1.54) is 0 Å². The monoisotopic (exact) mass is 367 g/mol. The molecule has 2 heterocycles. The minimum absolute atomic E-state index is 0.105. The number of hydrogen-bond donors (Lipinski definition) is 1. The van der Waals surface area contributed by atoms with Crippen molar-refractivity contribution in [1.29, 1.82) is 0 Å². The van der Waals surface area contributed by atoms with Gasteiger partial charge in [0.1, 0.15) is 28.1 Å². The summed E-state index contributed by atoms with van der Waals surface area (Å²) in [6, 6.07) is 13.3. The van der Waals surface area contributed by atoms with Crippen molar-refractivity contribution >= 4 is 23.2 Å². The maximum Gasteiger partial charge on any atom is 0.187 e. The summed E-state index contributed by atoms with van der Waals surface area (Å²) in [5.74, 6) is 2.15. The Labute approximate surface area is 156 Å². The van der Waals surface area contributed by atoms with E-state index < -0.39 is 0 Å². The second kappa shape index (κ2) is 7.30. The maximum absolute atomic E-state index is 12.8. The van der Waals surface area contributed by atoms with Crippen molar-refractivity contribution in [2.75, 3.05) is 5.32 Å². The van der Waals surface area contributed by atoms with Crippen LogP contribution in [0.25, 0.3) is 0 Å². The third kappa shape index (κ3) is 3.78. The Balaban J connectivity index is 1.61. The normalized spacial score (nSPS) is 13.6. The fourth-order valence-corrected chi connectivity index (χ4v) is 3.00. The zero-order valence-electron chi connectivity index (χ0n) is 14.1. The van der Waals surface area contributed by atoms with Crippen molar-refractivity contribution in [3.05, 3.63) is 76.6 Å². The molecule has 2 aromatic heterocycles. The molecule has 0 amide bonds. The highest BCUT2D eigenvalue weighted by Gasteiger charge is 2.29. The lowest BCUT2D eigenvalue weighted by Gasteiger charge is -2.12. The smallest absolute Gasteiger partial charge is 0.187 e. The molecule has 6 heteroatoms. The number of carbonyl (C=O) groups excluding carboxylic acids is 1. The van der Waals surface area contributed by atoms with Gasteiger partial charge in [0.25, 0.3) is 0 Å². The molecule has 0 spiro atoms. The van der Waals surface area contributed by atoms with Gasteiger partial charge in [0.15, 0.2) is 5.78 Å². The standard InChI is InChI=1S/C20H18ClN3O2/c21-17-18(16(25)11-13-5-2-1-3-6-13)23-19(14-8-9-14)24-20(17)22-12-15-7-4-10-26-15/h1-7,10,14H,8-9,11-12H2,(H,22,23,24). The van der Waals surface area contributed by atoms with Crippen LogP contribution in [0.15, 0.2) is 53.1 Å². The first kappa shape index (κ1) is 16.8. The van der Waals surface area contributed by atoms with Crippen LogP contribution in [-0.2, 0) is 13.0 Å². The van der Waals surface area contributed by atoms with Crippen LogP contribution in [0.1, 0.15) is 46.4 Å². The van der Waals surface area contributed by atoms with E-state index in [4.69, 9.17) is 16.0 Å². The largest absolute Gasteiger partial charge is 0.467 e. The Hall–Kier alpha value is -2.66. The Morgan fingerprint density at radius 2 is 1.96 bits per heavy atom. The van der Waals surface area contributed by atoms with Gasteiger partial charge in [-0.2, -0.15) is 0 Å². The van der Waals surface area contributed by atoms with Gasteiger partial charge in [0, 0.05) is 12.3 Å². The fourth-order valence-electron chi connectivity index (χ4n) is 2.74. The molecular formula is C20H18ClN3O2. The van der Waals surface area contributed by atoms with Crippen molar-refractivity contribution in [2.45, 2.75) is 31.7 Å². The number of ketones is 1. The molecule has 1 aliphatic rings. The van der Waals surface area contributed by atoms with E-state index in [2.05, 4.69) is 15.3 Å². The van der Waals surface area contributed by atoms with E-state index in [1.807, 2.05) is 42.5 Å². The number of rotatable bonds is 7. The van der Waals surface area contributed by atoms with Crippen LogP contribution >= 0.6 is 11.6 Å². The summed E-state index contributed by atoms with van der Waals surface area (Å²) in [5, 5.41) is 3.43. The highest BCUT2D eigenvalue weighted by molar-refractivity contribution is 6.35. The number of Topliss-reactive ketones (excluding diaryl/α,β-unsaturated/α-hetero) is 1. The Bertz CT molecular complexity index is 906. The summed E-state index contributed by atoms with van der Waals surface area (Å²) in [6.07, 6.45) is 3.97. The van der Waals surface area contributed by atoms with Gasteiger partial charge in [-0.05, 0) is 30.5 Å². The number of aromatic nitrogens is 2. The minimum atomic E-state index is -0.105. The lowest BCUT2D eigenvalue weighted by atomic mass is 10.1. The first-order chi connectivity index (χ1) is 12.7. The maximum atomic E-state index is 12.8. The molecule has 3 aromatic rings. The van der Waals surface area contributed by atoms with Gasteiger partial charge >= 0.3 is 0 Å². The molecule has 1 aromatic carbocycles. The molecule has 1 saturated carbocycles. The van der Waals surface area contributed by atoms with Crippen LogP contribution in [-0.4, -0.2) is 15.8 Å².